The van der Waals surface area contributed by atoms with Crippen LogP contribution in [0, 0.1) is 0 Å². The first kappa shape index (κ1) is 58.0. The molecule has 0 saturated heterocycles. The van der Waals surface area contributed by atoms with Gasteiger partial charge in [-0.25, -0.2) is 4.57 Å². The van der Waals surface area contributed by atoms with Crippen molar-refractivity contribution in [3.63, 3.8) is 0 Å². The predicted octanol–water partition coefficient (Wildman–Crippen LogP) is 13.4. The van der Waals surface area contributed by atoms with Crippen LogP contribution in [0.3, 0.4) is 0 Å². The Labute approximate surface area is 366 Å². The number of hydrogen-bond donors (Lipinski definition) is 3. The normalized spacial score (nSPS) is 13.8. The second-order valence-corrected chi connectivity index (χ2v) is 18.1. The topological polar surface area (TPSA) is 172 Å². The van der Waals surface area contributed by atoms with Crippen molar-refractivity contribution in [2.75, 3.05) is 19.8 Å². The van der Waals surface area contributed by atoms with Crippen LogP contribution in [0.25, 0.3) is 0 Å². The summed E-state index contributed by atoms with van der Waals surface area (Å²) in [6.07, 6.45) is 46.6. The van der Waals surface area contributed by atoms with Gasteiger partial charge in [0.2, 0.25) is 0 Å². The molecule has 4 N–H and O–H groups in total. The van der Waals surface area contributed by atoms with Gasteiger partial charge in [-0.1, -0.05) is 199 Å². The zero-order chi connectivity index (χ0) is 44.2. The highest BCUT2D eigenvalue weighted by atomic mass is 31.2. The lowest BCUT2D eigenvalue weighted by atomic mass is 10.0. The molecule has 0 spiro atoms. The van der Waals surface area contributed by atoms with Gasteiger partial charge >= 0.3 is 25.7 Å². The van der Waals surface area contributed by atoms with Crippen molar-refractivity contribution in [2.24, 2.45) is 5.73 Å². The van der Waals surface area contributed by atoms with E-state index in [1.165, 1.54) is 141 Å². The minimum atomic E-state index is -4.72. The number of aliphatic carboxylic acids is 1. The molecule has 0 heterocycles. The number of rotatable bonds is 46. The van der Waals surface area contributed by atoms with Crippen LogP contribution in [-0.4, -0.2) is 59.9 Å². The number of ether oxygens (including phenoxy) is 2. The Kier molecular flexibility index (Phi) is 42.1. The lowest BCUT2D eigenvalue weighted by molar-refractivity contribution is -0.161. The van der Waals surface area contributed by atoms with Gasteiger partial charge in [-0.05, 0) is 44.9 Å². The third kappa shape index (κ3) is 42.6. The summed E-state index contributed by atoms with van der Waals surface area (Å²) in [5.41, 5.74) is 5.35. The number of carboxylic acids is 1. The number of hydrogen-bond acceptors (Lipinski definition) is 9. The fourth-order valence-corrected chi connectivity index (χ4v) is 7.64. The molecule has 0 fully saturated rings. The van der Waals surface area contributed by atoms with Crippen molar-refractivity contribution in [3.8, 4) is 0 Å². The molecule has 11 nitrogen and oxygen atoms in total. The average molecular weight is 872 g/mol. The van der Waals surface area contributed by atoms with Gasteiger partial charge in [-0.3, -0.25) is 23.4 Å². The molecular weight excluding hydrogens is 781 g/mol. The number of allylic oxidation sites excluding steroid dienone is 4. The fraction of sp³-hybridized carbons (Fsp3) is 0.854. The number of carbonyl (C=O) groups excluding carboxylic acids is 2. The Balaban J connectivity index is 4.27. The number of unbranched alkanes of at least 4 members (excludes halogenated alkanes) is 28. The maximum absolute atomic E-state index is 12.7. The molecule has 0 amide bonds. The second-order valence-electron chi connectivity index (χ2n) is 16.6. The average Bonchev–Trinajstić information content (AvgIpc) is 3.22. The van der Waals surface area contributed by atoms with E-state index in [1.807, 2.05) is 0 Å². The standard InChI is InChI=1S/C48H90NO10P/c1-3-5-7-9-11-13-15-17-19-21-22-24-26-28-30-32-34-36-38-40-47(51)59-44(42-57-60(54,55)58-43-45(49)48(52)53)41-56-46(50)39-37-35-33-31-29-27-25-23-20-18-16-14-12-10-8-6-4-2/h12,14,18,20,44-45H,3-11,13,15-17,19,21-43,49H2,1-2H3,(H,52,53)(H,54,55)/b14-12+,20-18+/t44-,45+/m1/s1. The summed E-state index contributed by atoms with van der Waals surface area (Å²) in [4.78, 5) is 46.1. The van der Waals surface area contributed by atoms with Crippen LogP contribution < -0.4 is 5.73 Å². The smallest absolute Gasteiger partial charge is 0.472 e. The van der Waals surface area contributed by atoms with Gasteiger partial charge in [0.1, 0.15) is 12.6 Å². The fourth-order valence-electron chi connectivity index (χ4n) is 6.86. The van der Waals surface area contributed by atoms with Gasteiger partial charge in [0.05, 0.1) is 13.2 Å². The highest BCUT2D eigenvalue weighted by molar-refractivity contribution is 7.47. The lowest BCUT2D eigenvalue weighted by Crippen LogP contribution is -2.34. The molecular formula is C48H90NO10P. The Hall–Kier alpha value is -2.04. The van der Waals surface area contributed by atoms with E-state index in [0.717, 1.165) is 51.4 Å². The van der Waals surface area contributed by atoms with Crippen LogP contribution in [0.15, 0.2) is 24.3 Å². The number of nitrogens with two attached hydrogens (primary N) is 1. The summed E-state index contributed by atoms with van der Waals surface area (Å²) in [5, 5.41) is 8.91. The summed E-state index contributed by atoms with van der Waals surface area (Å²) in [7, 11) is -4.72. The van der Waals surface area contributed by atoms with Crippen LogP contribution in [0.1, 0.15) is 232 Å². The molecule has 60 heavy (non-hydrogen) atoms. The largest absolute Gasteiger partial charge is 0.480 e. The molecule has 0 aliphatic carbocycles. The summed E-state index contributed by atoms with van der Waals surface area (Å²) >= 11 is 0. The van der Waals surface area contributed by atoms with E-state index in [2.05, 4.69) is 42.7 Å². The highest BCUT2D eigenvalue weighted by Gasteiger charge is 2.28. The minimum Gasteiger partial charge on any atom is -0.480 e. The third-order valence-corrected chi connectivity index (χ3v) is 11.7. The van der Waals surface area contributed by atoms with Gasteiger partial charge in [0, 0.05) is 12.8 Å². The van der Waals surface area contributed by atoms with Crippen LogP contribution in [0.2, 0.25) is 0 Å². The van der Waals surface area contributed by atoms with Crippen molar-refractivity contribution in [1.82, 2.24) is 0 Å². The Bertz CT molecular complexity index is 1120. The Morgan fingerprint density at radius 1 is 0.517 bits per heavy atom. The van der Waals surface area contributed by atoms with Crippen molar-refractivity contribution in [3.05, 3.63) is 24.3 Å². The molecule has 0 aliphatic rings. The molecule has 0 bridgehead atoms. The van der Waals surface area contributed by atoms with E-state index in [-0.39, 0.29) is 19.4 Å². The van der Waals surface area contributed by atoms with E-state index >= 15 is 0 Å². The number of carbonyl (C=O) groups is 3. The third-order valence-electron chi connectivity index (χ3n) is 10.7. The lowest BCUT2D eigenvalue weighted by Gasteiger charge is -2.20. The van der Waals surface area contributed by atoms with E-state index in [1.54, 1.807) is 0 Å². The Morgan fingerprint density at radius 3 is 1.33 bits per heavy atom. The second kappa shape index (κ2) is 43.6. The van der Waals surface area contributed by atoms with E-state index in [0.29, 0.717) is 12.8 Å². The molecule has 352 valence electrons. The molecule has 0 aliphatic heterocycles. The quantitative estimate of drug-likeness (QED) is 0.0230. The van der Waals surface area contributed by atoms with Gasteiger partial charge in [0.25, 0.3) is 0 Å². The monoisotopic (exact) mass is 872 g/mol. The molecule has 0 saturated carbocycles. The molecule has 0 aromatic heterocycles. The van der Waals surface area contributed by atoms with Crippen molar-refractivity contribution in [1.29, 1.82) is 0 Å². The number of phosphoric acid groups is 1. The van der Waals surface area contributed by atoms with Gasteiger partial charge in [-0.15, -0.1) is 0 Å². The van der Waals surface area contributed by atoms with Crippen LogP contribution in [-0.2, 0) is 37.5 Å². The first-order chi connectivity index (χ1) is 29.1. The molecule has 0 radical (unpaired) electrons. The van der Waals surface area contributed by atoms with Crippen LogP contribution in [0.4, 0.5) is 0 Å². The van der Waals surface area contributed by atoms with Crippen LogP contribution in [0.5, 0.6) is 0 Å². The van der Waals surface area contributed by atoms with E-state index in [4.69, 9.17) is 24.8 Å². The summed E-state index contributed by atoms with van der Waals surface area (Å²) in [5.74, 6) is -2.37. The predicted molar refractivity (Wildman–Crippen MR) is 245 cm³/mol. The summed E-state index contributed by atoms with van der Waals surface area (Å²) < 4.78 is 32.8. The molecule has 3 atom stereocenters. The molecule has 0 rings (SSSR count). The van der Waals surface area contributed by atoms with Crippen molar-refractivity contribution in [2.45, 2.75) is 244 Å². The Morgan fingerprint density at radius 2 is 0.883 bits per heavy atom. The van der Waals surface area contributed by atoms with E-state index < -0.39 is 51.1 Å². The first-order valence-electron chi connectivity index (χ1n) is 24.4. The zero-order valence-electron chi connectivity index (χ0n) is 38.3. The molecule has 12 heteroatoms. The van der Waals surface area contributed by atoms with Crippen molar-refractivity contribution >= 4 is 25.7 Å². The zero-order valence-corrected chi connectivity index (χ0v) is 39.2. The summed E-state index contributed by atoms with van der Waals surface area (Å²) in [6, 6.07) is -1.52. The number of phosphoric ester groups is 1. The maximum Gasteiger partial charge on any atom is 0.472 e. The number of carboxylic acid groups (broad SMARTS) is 1. The van der Waals surface area contributed by atoms with Gasteiger partial charge < -0.3 is 25.2 Å². The maximum atomic E-state index is 12.7. The van der Waals surface area contributed by atoms with Gasteiger partial charge in [0.15, 0.2) is 6.10 Å². The number of esters is 2. The highest BCUT2D eigenvalue weighted by Crippen LogP contribution is 2.43. The molecule has 1 unspecified atom stereocenters. The van der Waals surface area contributed by atoms with E-state index in [9.17, 15) is 23.8 Å². The first-order valence-corrected chi connectivity index (χ1v) is 25.9. The summed E-state index contributed by atoms with van der Waals surface area (Å²) in [6.45, 7) is 2.81. The van der Waals surface area contributed by atoms with Crippen molar-refractivity contribution < 1.29 is 47.5 Å². The van der Waals surface area contributed by atoms with Gasteiger partial charge in [-0.2, -0.15) is 0 Å². The van der Waals surface area contributed by atoms with Crippen LogP contribution >= 0.6 is 7.82 Å². The SMILES string of the molecule is CCCCC/C=C/C/C=C/CCCCCCCCCC(=O)OC[C@H](COP(=O)(O)OC[C@H](N)C(=O)O)OC(=O)CCCCCCCCCCCCCCCCCCCCC. The molecule has 0 aromatic rings. The molecule has 0 aromatic carbocycles. The minimum absolute atomic E-state index is 0.164.